The van der Waals surface area contributed by atoms with Crippen molar-refractivity contribution in [1.82, 2.24) is 10.6 Å². The first-order valence-corrected chi connectivity index (χ1v) is 12.4. The van der Waals surface area contributed by atoms with Gasteiger partial charge in [0.1, 0.15) is 18.1 Å². The van der Waals surface area contributed by atoms with Gasteiger partial charge < -0.3 is 27.4 Å². The zero-order valence-electron chi connectivity index (χ0n) is 18.5. The van der Waals surface area contributed by atoms with Crippen LogP contribution in [0.4, 0.5) is 5.69 Å². The van der Waals surface area contributed by atoms with E-state index in [0.29, 0.717) is 30.6 Å². The van der Waals surface area contributed by atoms with Crippen LogP contribution in [0.5, 0.6) is 0 Å². The third-order valence-electron chi connectivity index (χ3n) is 5.12. The molecule has 7 N–H and O–H groups in total. The van der Waals surface area contributed by atoms with Crippen molar-refractivity contribution >= 4 is 40.3 Å². The summed E-state index contributed by atoms with van der Waals surface area (Å²) in [6, 6.07) is 14.8. The van der Waals surface area contributed by atoms with Crippen LogP contribution < -0.4 is 27.4 Å². The summed E-state index contributed by atoms with van der Waals surface area (Å²) >= 11 is 0. The number of hydrogen-bond acceptors (Lipinski definition) is 4. The van der Waals surface area contributed by atoms with Crippen molar-refractivity contribution in [3.8, 4) is 0 Å². The zero-order chi connectivity index (χ0) is 23.8. The number of guanidine groups is 1. The van der Waals surface area contributed by atoms with E-state index in [2.05, 4.69) is 39.3 Å². The van der Waals surface area contributed by atoms with Crippen LogP contribution in [0, 0.1) is 0 Å². The fourth-order valence-corrected chi connectivity index (χ4v) is 4.93. The first-order valence-electron chi connectivity index (χ1n) is 10.6. The second-order valence-electron chi connectivity index (χ2n) is 7.72. The number of carbonyl (C=O) groups is 3. The zero-order valence-corrected chi connectivity index (χ0v) is 19.3. The van der Waals surface area contributed by atoms with Gasteiger partial charge in [0.15, 0.2) is 10.9 Å². The highest BCUT2D eigenvalue weighted by atomic mass is 32.2. The number of benzene rings is 2. The Balaban J connectivity index is 1.79. The summed E-state index contributed by atoms with van der Waals surface area (Å²) in [4.78, 5) is 43.0. The van der Waals surface area contributed by atoms with Crippen LogP contribution in [0.25, 0.3) is 0 Å². The maximum Gasteiger partial charge on any atom is 0.253 e. The summed E-state index contributed by atoms with van der Waals surface area (Å²) in [7, 11) is -0.0487. The number of anilines is 1. The van der Waals surface area contributed by atoms with Crippen LogP contribution in [0.3, 0.4) is 0 Å². The van der Waals surface area contributed by atoms with Gasteiger partial charge in [0.05, 0.1) is 17.8 Å². The van der Waals surface area contributed by atoms with E-state index in [-0.39, 0.29) is 23.4 Å². The Morgan fingerprint density at radius 2 is 1.88 bits per heavy atom. The maximum absolute atomic E-state index is 12.9. The van der Waals surface area contributed by atoms with Gasteiger partial charge in [0, 0.05) is 23.0 Å². The van der Waals surface area contributed by atoms with Crippen LogP contribution in [0.1, 0.15) is 28.8 Å². The Bertz CT molecular complexity index is 1040. The van der Waals surface area contributed by atoms with Gasteiger partial charge in [0.25, 0.3) is 5.91 Å². The summed E-state index contributed by atoms with van der Waals surface area (Å²) in [5, 5.41) is 8.08. The minimum atomic E-state index is -0.770. The number of carbonyl (C=O) groups excluding carboxylic acids is 3. The lowest BCUT2D eigenvalue weighted by Crippen LogP contribution is -2.48. The van der Waals surface area contributed by atoms with Crippen molar-refractivity contribution in [2.45, 2.75) is 29.5 Å². The van der Waals surface area contributed by atoms with Crippen molar-refractivity contribution in [3.05, 3.63) is 59.7 Å². The number of nitrogens with zero attached hydrogens (tertiary/aromatic N) is 1. The van der Waals surface area contributed by atoms with E-state index in [4.69, 9.17) is 11.5 Å². The summed E-state index contributed by atoms with van der Waals surface area (Å²) in [5.74, 6) is -0.513. The Kier molecular flexibility index (Phi) is 8.31. The number of fused-ring (bicyclic) bond motifs is 1. The molecule has 2 aromatic rings. The Labute approximate surface area is 195 Å². The van der Waals surface area contributed by atoms with Crippen molar-refractivity contribution in [2.24, 2.45) is 16.5 Å². The number of rotatable bonds is 7. The van der Waals surface area contributed by atoms with Gasteiger partial charge in [-0.1, -0.05) is 24.3 Å². The van der Waals surface area contributed by atoms with Gasteiger partial charge in [-0.2, -0.15) is 0 Å². The van der Waals surface area contributed by atoms with Gasteiger partial charge in [-0.25, -0.2) is 0 Å². The number of aliphatic imine (C=N–C) groups is 1. The summed E-state index contributed by atoms with van der Waals surface area (Å²) < 4.78 is 0. The smallest absolute Gasteiger partial charge is 0.253 e. The largest absolute Gasteiger partial charge is 0.370 e. The van der Waals surface area contributed by atoms with Crippen LogP contribution >= 0.6 is 0 Å². The molecule has 0 bridgehead atoms. The highest BCUT2D eigenvalue weighted by Gasteiger charge is 2.25. The molecule has 0 spiro atoms. The molecule has 0 saturated carbocycles. The molecule has 10 heteroatoms. The molecule has 1 aliphatic rings. The number of amides is 3. The average molecular weight is 470 g/mol. The van der Waals surface area contributed by atoms with Crippen LogP contribution in [-0.4, -0.2) is 49.1 Å². The van der Waals surface area contributed by atoms with Crippen LogP contribution in [-0.2, 0) is 26.2 Å². The van der Waals surface area contributed by atoms with Crippen LogP contribution in [0.2, 0.25) is 0 Å². The Hall–Kier alpha value is -3.53. The lowest BCUT2D eigenvalue weighted by molar-refractivity contribution is -0.126. The molecule has 3 rings (SSSR count). The fraction of sp³-hybridized carbons (Fsp3) is 0.304. The van der Waals surface area contributed by atoms with E-state index in [9.17, 15) is 14.4 Å². The quantitative estimate of drug-likeness (QED) is 0.175. The molecule has 0 aromatic heterocycles. The maximum atomic E-state index is 12.9. The van der Waals surface area contributed by atoms with Crippen molar-refractivity contribution in [1.29, 1.82) is 0 Å². The Morgan fingerprint density at radius 1 is 1.12 bits per heavy atom. The van der Waals surface area contributed by atoms with Gasteiger partial charge in [-0.05, 0) is 37.1 Å². The van der Waals surface area contributed by atoms with E-state index in [1.165, 1.54) is 4.90 Å². The minimum absolute atomic E-state index is 0.0240. The van der Waals surface area contributed by atoms with E-state index in [1.807, 2.05) is 24.3 Å². The molecule has 3 amide bonds. The third-order valence-corrected chi connectivity index (χ3v) is 6.96. The Morgan fingerprint density at radius 3 is 2.61 bits per heavy atom. The number of nitrogens with one attached hydrogen (secondary N) is 3. The standard InChI is InChI=1S/C23H28N6O3S/c1-33(16-6-3-2-4-7-16)14-15-9-10-18-17(12-15)21(31)27-13-20(30)28-19(22(32)29-18)8-5-11-26-23(24)25/h2-4,6-7,9-10,12,19H,5,8,11,13-14H2,1H3,(H6-,24,25,26,27,28,29,30,31,32)/p+1. The molecular weight excluding hydrogens is 440 g/mol. The topological polar surface area (TPSA) is 152 Å². The second-order valence-corrected chi connectivity index (χ2v) is 9.75. The van der Waals surface area contributed by atoms with E-state index in [1.54, 1.807) is 12.1 Å². The summed E-state index contributed by atoms with van der Waals surface area (Å²) in [6.45, 7) is 0.126. The lowest BCUT2D eigenvalue weighted by Gasteiger charge is -2.21. The molecule has 33 heavy (non-hydrogen) atoms. The molecule has 0 radical (unpaired) electrons. The van der Waals surface area contributed by atoms with Gasteiger partial charge in [-0.3, -0.25) is 19.4 Å². The van der Waals surface area contributed by atoms with Crippen molar-refractivity contribution in [2.75, 3.05) is 24.7 Å². The van der Waals surface area contributed by atoms with E-state index < -0.39 is 23.8 Å². The fourth-order valence-electron chi connectivity index (χ4n) is 3.46. The molecule has 9 nitrogen and oxygen atoms in total. The van der Waals surface area contributed by atoms with E-state index >= 15 is 0 Å². The normalized spacial score (nSPS) is 17.1. The second kappa shape index (κ2) is 11.4. The monoisotopic (exact) mass is 469 g/mol. The van der Waals surface area contributed by atoms with Crippen LogP contribution in [0.15, 0.2) is 58.4 Å². The molecule has 0 fully saturated rings. The molecular formula is C23H29N6O3S+. The lowest BCUT2D eigenvalue weighted by atomic mass is 10.1. The van der Waals surface area contributed by atoms with Crippen molar-refractivity contribution in [3.63, 3.8) is 0 Å². The summed E-state index contributed by atoms with van der Waals surface area (Å²) in [6.07, 6.45) is 3.01. The minimum Gasteiger partial charge on any atom is -0.370 e. The molecule has 0 aliphatic carbocycles. The molecule has 2 unspecified atom stereocenters. The number of hydrogen-bond donors (Lipinski definition) is 5. The first-order chi connectivity index (χ1) is 15.8. The van der Waals surface area contributed by atoms with E-state index in [0.717, 1.165) is 11.3 Å². The van der Waals surface area contributed by atoms with Crippen molar-refractivity contribution < 1.29 is 14.4 Å². The predicted octanol–water partition coefficient (Wildman–Crippen LogP) is 0.714. The molecule has 1 heterocycles. The highest BCUT2D eigenvalue weighted by Crippen LogP contribution is 2.23. The molecule has 2 atom stereocenters. The average Bonchev–Trinajstić information content (AvgIpc) is 2.80. The molecule has 174 valence electrons. The molecule has 2 aromatic carbocycles. The SMILES string of the molecule is C[S+](Cc1ccc2c(c1)C(=O)NCC(=O)NC(CCCN=C(N)N)C(=O)N2)c1ccccc1. The highest BCUT2D eigenvalue weighted by molar-refractivity contribution is 7.95. The predicted molar refractivity (Wildman–Crippen MR) is 131 cm³/mol. The van der Waals surface area contributed by atoms with Gasteiger partial charge in [0.2, 0.25) is 11.8 Å². The number of nitrogens with two attached hydrogens (primary N) is 2. The third kappa shape index (κ3) is 6.98. The van der Waals surface area contributed by atoms with Gasteiger partial charge in [-0.15, -0.1) is 0 Å². The molecule has 0 saturated heterocycles. The van der Waals surface area contributed by atoms with Gasteiger partial charge >= 0.3 is 0 Å². The first kappa shape index (κ1) is 24.1. The molecule has 1 aliphatic heterocycles. The summed E-state index contributed by atoms with van der Waals surface area (Å²) in [5.41, 5.74) is 12.4.